The van der Waals surface area contributed by atoms with Crippen LogP contribution in [0.15, 0.2) is 42.7 Å². The number of benzene rings is 1. The molecule has 1 aromatic heterocycles. The minimum absolute atomic E-state index is 0.244. The van der Waals surface area contributed by atoms with E-state index in [1.54, 1.807) is 12.1 Å². The van der Waals surface area contributed by atoms with Crippen LogP contribution in [-0.4, -0.2) is 38.4 Å². The minimum Gasteiger partial charge on any atom is -0.497 e. The molecular weight excluding hydrogens is 399 g/mol. The lowest BCUT2D eigenvalue weighted by Crippen LogP contribution is -2.38. The van der Waals surface area contributed by atoms with Crippen molar-refractivity contribution in [2.24, 2.45) is 0 Å². The van der Waals surface area contributed by atoms with E-state index in [1.807, 2.05) is 0 Å². The molecule has 146 valence electrons. The van der Waals surface area contributed by atoms with E-state index < -0.39 is 38.5 Å². The predicted molar refractivity (Wildman–Crippen MR) is 96.8 cm³/mol. The van der Waals surface area contributed by atoms with Gasteiger partial charge in [0.1, 0.15) is 11.6 Å². The molecule has 4 atom stereocenters. The molecule has 1 aliphatic rings. The van der Waals surface area contributed by atoms with Gasteiger partial charge in [0.25, 0.3) is 0 Å². The summed E-state index contributed by atoms with van der Waals surface area (Å²) in [4.78, 5) is 24.9. The second-order valence-corrected chi connectivity index (χ2v) is 10.7. The van der Waals surface area contributed by atoms with Crippen LogP contribution < -0.4 is 4.74 Å². The van der Waals surface area contributed by atoms with Crippen molar-refractivity contribution >= 4 is 21.2 Å². The Labute approximate surface area is 154 Å². The molecule has 0 radical (unpaired) electrons. The fourth-order valence-electron chi connectivity index (χ4n) is 2.62. The lowest BCUT2D eigenvalue weighted by atomic mass is 10.2. The Hall–Kier alpha value is -1.57. The summed E-state index contributed by atoms with van der Waals surface area (Å²) in [6.07, 6.45) is 4.02. The number of hydrogen-bond donors (Lipinski definition) is 3. The molecule has 1 saturated heterocycles. The van der Waals surface area contributed by atoms with Crippen molar-refractivity contribution in [1.82, 2.24) is 4.98 Å². The van der Waals surface area contributed by atoms with E-state index in [-0.39, 0.29) is 11.3 Å². The first-order chi connectivity index (χ1) is 12.6. The molecule has 1 fully saturated rings. The number of ether oxygens (including phenoxy) is 1. The first-order valence-corrected chi connectivity index (χ1v) is 11.1. The summed E-state index contributed by atoms with van der Waals surface area (Å²) in [5, 5.41) is 8.14. The van der Waals surface area contributed by atoms with E-state index in [1.165, 1.54) is 31.6 Å². The highest BCUT2D eigenvalue weighted by Crippen LogP contribution is 2.78. The maximum atomic E-state index is 14.2. The van der Waals surface area contributed by atoms with Crippen LogP contribution in [0.4, 0.5) is 4.39 Å². The lowest BCUT2D eigenvalue weighted by molar-refractivity contribution is -0.0492. The number of aromatic nitrogens is 1. The van der Waals surface area contributed by atoms with Crippen LogP contribution in [0, 0.1) is 5.82 Å². The van der Waals surface area contributed by atoms with Gasteiger partial charge in [0.2, 0.25) is 11.4 Å². The standard InChI is InChI=1S/C16H18FNO7P2/c1-23-12-5-6-14(17)13(8-12)15-24-26(2,20)16(19,27(21,22)25-15)9-11-4-3-7-18-10-11/h3-8,10,15,19-20H,2,9H2,1H3,(H,21,22). The van der Waals surface area contributed by atoms with E-state index in [9.17, 15) is 23.8 Å². The largest absolute Gasteiger partial charge is 0.497 e. The molecule has 2 aromatic rings. The molecule has 3 rings (SSSR count). The molecule has 0 aliphatic carbocycles. The number of rotatable bonds is 4. The summed E-state index contributed by atoms with van der Waals surface area (Å²) >= 11 is 0. The van der Waals surface area contributed by atoms with Crippen molar-refractivity contribution in [1.29, 1.82) is 0 Å². The average Bonchev–Trinajstić information content (AvgIpc) is 2.60. The lowest BCUT2D eigenvalue weighted by Gasteiger charge is -2.45. The van der Waals surface area contributed by atoms with Gasteiger partial charge in [-0.1, -0.05) is 6.07 Å². The van der Waals surface area contributed by atoms with Gasteiger partial charge in [-0.2, -0.15) is 0 Å². The first-order valence-electron chi connectivity index (χ1n) is 7.70. The van der Waals surface area contributed by atoms with Crippen molar-refractivity contribution in [3.8, 4) is 5.75 Å². The zero-order valence-electron chi connectivity index (χ0n) is 14.2. The van der Waals surface area contributed by atoms with Gasteiger partial charge < -0.3 is 19.6 Å². The molecule has 4 unspecified atom stereocenters. The smallest absolute Gasteiger partial charge is 0.371 e. The van der Waals surface area contributed by atoms with Gasteiger partial charge in [-0.15, -0.1) is 0 Å². The van der Waals surface area contributed by atoms with Crippen molar-refractivity contribution < 1.29 is 37.6 Å². The van der Waals surface area contributed by atoms with E-state index >= 15 is 0 Å². The van der Waals surface area contributed by atoms with Crippen LogP contribution in [-0.2, 0) is 20.0 Å². The van der Waals surface area contributed by atoms with Crippen LogP contribution in [0.5, 0.6) is 5.75 Å². The van der Waals surface area contributed by atoms with Gasteiger partial charge in [0.15, 0.2) is 7.34 Å². The SMILES string of the molecule is C=P1(O)OC(c2cc(OC)ccc2F)OP(=O)(O)C1(O)Cc1cccnc1. The molecule has 8 nitrogen and oxygen atoms in total. The summed E-state index contributed by atoms with van der Waals surface area (Å²) in [5.41, 5.74) is 0.0867. The van der Waals surface area contributed by atoms with E-state index in [2.05, 4.69) is 11.3 Å². The van der Waals surface area contributed by atoms with Crippen LogP contribution in [0.2, 0.25) is 0 Å². The number of halogens is 1. The van der Waals surface area contributed by atoms with Crippen LogP contribution in [0.25, 0.3) is 0 Å². The Morgan fingerprint density at radius 3 is 2.70 bits per heavy atom. The summed E-state index contributed by atoms with van der Waals surface area (Å²) in [5.74, 6) is -0.563. The Morgan fingerprint density at radius 2 is 2.11 bits per heavy atom. The van der Waals surface area contributed by atoms with Gasteiger partial charge in [0, 0.05) is 24.4 Å². The number of pyridine rings is 1. The molecule has 0 spiro atoms. The first kappa shape index (κ1) is 20.2. The Bertz CT molecular complexity index is 914. The second-order valence-electron chi connectivity index (χ2n) is 5.96. The van der Waals surface area contributed by atoms with Gasteiger partial charge >= 0.3 is 7.60 Å². The normalized spacial score (nSPS) is 33.6. The van der Waals surface area contributed by atoms with Crippen LogP contribution in [0.3, 0.4) is 0 Å². The number of aliphatic hydroxyl groups is 1. The highest BCUT2D eigenvalue weighted by atomic mass is 31.2. The van der Waals surface area contributed by atoms with Gasteiger partial charge in [-0.05, 0) is 36.1 Å². The molecular formula is C16H18FNO7P2. The fourth-order valence-corrected chi connectivity index (χ4v) is 6.59. The molecule has 27 heavy (non-hydrogen) atoms. The number of nitrogens with zero attached hydrogens (tertiary/aromatic N) is 1. The third-order valence-corrected chi connectivity index (χ3v) is 9.20. The van der Waals surface area contributed by atoms with Crippen molar-refractivity contribution in [2.75, 3.05) is 7.11 Å². The van der Waals surface area contributed by atoms with Crippen LogP contribution >= 0.6 is 14.9 Å². The Balaban J connectivity index is 2.00. The Kier molecular flexibility index (Phi) is 5.31. The highest BCUT2D eigenvalue weighted by Gasteiger charge is 2.62. The molecule has 1 aromatic carbocycles. The third-order valence-electron chi connectivity index (χ3n) is 4.14. The molecule has 2 heterocycles. The quantitative estimate of drug-likeness (QED) is 0.650. The molecule has 0 bridgehead atoms. The van der Waals surface area contributed by atoms with Gasteiger partial charge in [-0.25, -0.2) is 4.39 Å². The summed E-state index contributed by atoms with van der Waals surface area (Å²) in [6, 6.07) is 6.69. The zero-order chi connectivity index (χ0) is 19.9. The number of hydrogen-bond acceptors (Lipinski definition) is 7. The maximum Gasteiger partial charge on any atom is 0.371 e. The highest BCUT2D eigenvalue weighted by molar-refractivity contribution is 7.78. The van der Waals surface area contributed by atoms with E-state index in [0.717, 1.165) is 6.07 Å². The Morgan fingerprint density at radius 1 is 1.37 bits per heavy atom. The van der Waals surface area contributed by atoms with Crippen molar-refractivity contribution in [2.45, 2.75) is 17.8 Å². The molecule has 1 aliphatic heterocycles. The fraction of sp³-hybridized carbons (Fsp3) is 0.250. The number of methoxy groups -OCH3 is 1. The van der Waals surface area contributed by atoms with E-state index in [4.69, 9.17) is 13.8 Å². The van der Waals surface area contributed by atoms with Gasteiger partial charge in [0.05, 0.1) is 7.11 Å². The summed E-state index contributed by atoms with van der Waals surface area (Å²) in [7, 11) is -7.75. The topological polar surface area (TPSA) is 118 Å². The predicted octanol–water partition coefficient (Wildman–Crippen LogP) is 2.62. The average molecular weight is 417 g/mol. The monoisotopic (exact) mass is 417 g/mol. The molecule has 0 saturated carbocycles. The van der Waals surface area contributed by atoms with Crippen molar-refractivity contribution in [3.63, 3.8) is 0 Å². The summed E-state index contributed by atoms with van der Waals surface area (Å²) < 4.78 is 42.3. The zero-order valence-corrected chi connectivity index (χ0v) is 16.0. The molecule has 11 heteroatoms. The van der Waals surface area contributed by atoms with Gasteiger partial charge in [-0.3, -0.25) is 18.6 Å². The second kappa shape index (κ2) is 7.11. The maximum absolute atomic E-state index is 14.2. The van der Waals surface area contributed by atoms with E-state index in [0.29, 0.717) is 5.56 Å². The molecule has 3 N–H and O–H groups in total. The minimum atomic E-state index is -4.93. The third kappa shape index (κ3) is 3.60. The molecule has 0 amide bonds. The summed E-state index contributed by atoms with van der Waals surface area (Å²) in [6.45, 7) is 0. The van der Waals surface area contributed by atoms with Crippen LogP contribution in [0.1, 0.15) is 17.4 Å². The van der Waals surface area contributed by atoms with Crippen molar-refractivity contribution in [3.05, 3.63) is 59.7 Å².